The predicted octanol–water partition coefficient (Wildman–Crippen LogP) is 3.85. The second-order valence-corrected chi connectivity index (χ2v) is 6.93. The molecule has 7 heteroatoms. The molecule has 2 aromatic carbocycles. The Morgan fingerprint density at radius 3 is 2.36 bits per heavy atom. The molecule has 3 rings (SSSR count). The van der Waals surface area contributed by atoms with Gasteiger partial charge >= 0.3 is 0 Å². The van der Waals surface area contributed by atoms with Gasteiger partial charge in [0, 0.05) is 12.7 Å². The number of aromatic nitrogens is 2. The maximum Gasteiger partial charge on any atom is 0.259 e. The summed E-state index contributed by atoms with van der Waals surface area (Å²) in [5.41, 5.74) is 3.34. The van der Waals surface area contributed by atoms with Gasteiger partial charge in [0.05, 0.1) is 23.5 Å². The SMILES string of the molecule is Cc1ccc(NC(=O)CN(C)C(=O)c2c(C)nn(-c3ccccc3)c2Cl)cc1. The summed E-state index contributed by atoms with van der Waals surface area (Å²) >= 11 is 6.44. The number of amides is 2. The van der Waals surface area contributed by atoms with E-state index in [1.807, 2.05) is 61.5 Å². The number of carbonyl (C=O) groups excluding carboxylic acids is 2. The highest BCUT2D eigenvalue weighted by molar-refractivity contribution is 6.33. The van der Waals surface area contributed by atoms with Gasteiger partial charge in [-0.2, -0.15) is 5.10 Å². The third-order valence-corrected chi connectivity index (χ3v) is 4.63. The zero-order valence-corrected chi connectivity index (χ0v) is 16.7. The highest BCUT2D eigenvalue weighted by Gasteiger charge is 2.25. The molecule has 1 aromatic heterocycles. The monoisotopic (exact) mass is 396 g/mol. The van der Waals surface area contributed by atoms with Crippen LogP contribution >= 0.6 is 11.6 Å². The van der Waals surface area contributed by atoms with Crippen molar-refractivity contribution in [2.75, 3.05) is 18.9 Å². The Kier molecular flexibility index (Phi) is 5.80. The fourth-order valence-corrected chi connectivity index (χ4v) is 3.15. The van der Waals surface area contributed by atoms with E-state index in [9.17, 15) is 9.59 Å². The minimum Gasteiger partial charge on any atom is -0.332 e. The Bertz CT molecular complexity index is 997. The van der Waals surface area contributed by atoms with Crippen LogP contribution in [0.1, 0.15) is 21.6 Å². The van der Waals surface area contributed by atoms with Crippen LogP contribution in [0, 0.1) is 13.8 Å². The van der Waals surface area contributed by atoms with Crippen molar-refractivity contribution in [1.29, 1.82) is 0 Å². The summed E-state index contributed by atoms with van der Waals surface area (Å²) in [6.45, 7) is 3.59. The molecule has 6 nitrogen and oxygen atoms in total. The van der Waals surface area contributed by atoms with Gasteiger partial charge in [-0.3, -0.25) is 9.59 Å². The molecule has 0 saturated heterocycles. The van der Waals surface area contributed by atoms with Crippen LogP contribution in [0.5, 0.6) is 0 Å². The third kappa shape index (κ3) is 4.23. The van der Waals surface area contributed by atoms with E-state index in [2.05, 4.69) is 10.4 Å². The number of nitrogens with one attached hydrogen (secondary N) is 1. The van der Waals surface area contributed by atoms with Crippen LogP contribution in [0.4, 0.5) is 5.69 Å². The fourth-order valence-electron chi connectivity index (χ4n) is 2.80. The molecular formula is C21H21ClN4O2. The number of likely N-dealkylation sites (N-methyl/N-ethyl adjacent to an activating group) is 1. The van der Waals surface area contributed by atoms with Crippen LogP contribution in [-0.4, -0.2) is 40.1 Å². The molecular weight excluding hydrogens is 376 g/mol. The maximum atomic E-state index is 12.9. The molecule has 2 amide bonds. The number of hydrogen-bond donors (Lipinski definition) is 1. The Morgan fingerprint density at radius 2 is 1.71 bits per heavy atom. The summed E-state index contributed by atoms with van der Waals surface area (Å²) in [6.07, 6.45) is 0. The second kappa shape index (κ2) is 8.27. The van der Waals surface area contributed by atoms with Gasteiger partial charge in [-0.1, -0.05) is 47.5 Å². The number of para-hydroxylation sites is 1. The number of anilines is 1. The maximum absolute atomic E-state index is 12.9. The number of aryl methyl sites for hydroxylation is 2. The molecule has 1 N–H and O–H groups in total. The van der Waals surface area contributed by atoms with Crippen molar-refractivity contribution in [3.63, 3.8) is 0 Å². The summed E-state index contributed by atoms with van der Waals surface area (Å²) in [6, 6.07) is 16.8. The van der Waals surface area contributed by atoms with Gasteiger partial charge in [0.1, 0.15) is 5.15 Å². The predicted molar refractivity (Wildman–Crippen MR) is 110 cm³/mol. The van der Waals surface area contributed by atoms with Crippen LogP contribution in [-0.2, 0) is 4.79 Å². The highest BCUT2D eigenvalue weighted by atomic mass is 35.5. The minimum atomic E-state index is -0.358. The molecule has 3 aromatic rings. The highest BCUT2D eigenvalue weighted by Crippen LogP contribution is 2.24. The zero-order chi connectivity index (χ0) is 20.3. The Balaban J connectivity index is 1.73. The average Bonchev–Trinajstić information content (AvgIpc) is 2.98. The average molecular weight is 397 g/mol. The Morgan fingerprint density at radius 1 is 1.07 bits per heavy atom. The Labute approximate surface area is 168 Å². The van der Waals surface area contributed by atoms with Crippen molar-refractivity contribution in [3.05, 3.63) is 76.6 Å². The standard InChI is InChI=1S/C21H21ClN4O2/c1-14-9-11-16(12-10-14)23-18(27)13-25(3)21(28)19-15(2)24-26(20(19)22)17-7-5-4-6-8-17/h4-12H,13H2,1-3H3,(H,23,27). The van der Waals surface area contributed by atoms with Crippen LogP contribution < -0.4 is 5.32 Å². The van der Waals surface area contributed by atoms with Crippen LogP contribution in [0.15, 0.2) is 54.6 Å². The first-order valence-corrected chi connectivity index (χ1v) is 9.17. The summed E-state index contributed by atoms with van der Waals surface area (Å²) in [7, 11) is 1.56. The molecule has 0 aliphatic heterocycles. The normalized spacial score (nSPS) is 10.6. The van der Waals surface area contributed by atoms with Crippen molar-refractivity contribution in [3.8, 4) is 5.69 Å². The van der Waals surface area contributed by atoms with E-state index in [0.29, 0.717) is 11.4 Å². The lowest BCUT2D eigenvalue weighted by atomic mass is 10.2. The quantitative estimate of drug-likeness (QED) is 0.712. The topological polar surface area (TPSA) is 67.2 Å². The smallest absolute Gasteiger partial charge is 0.259 e. The number of rotatable bonds is 5. The van der Waals surface area contributed by atoms with Gasteiger partial charge in [-0.25, -0.2) is 4.68 Å². The zero-order valence-electron chi connectivity index (χ0n) is 15.9. The fraction of sp³-hybridized carbons (Fsp3) is 0.190. The minimum absolute atomic E-state index is 0.0982. The van der Waals surface area contributed by atoms with Gasteiger partial charge < -0.3 is 10.2 Å². The lowest BCUT2D eigenvalue weighted by Crippen LogP contribution is -2.35. The first kappa shape index (κ1) is 19.6. The molecule has 0 spiro atoms. The molecule has 0 fully saturated rings. The van der Waals surface area contributed by atoms with Gasteiger partial charge in [0.25, 0.3) is 5.91 Å². The van der Waals surface area contributed by atoms with Gasteiger partial charge in [-0.05, 0) is 38.1 Å². The van der Waals surface area contributed by atoms with E-state index in [4.69, 9.17) is 11.6 Å². The molecule has 0 atom stereocenters. The van der Waals surface area contributed by atoms with Crippen LogP contribution in [0.3, 0.4) is 0 Å². The van der Waals surface area contributed by atoms with Crippen molar-refractivity contribution in [2.24, 2.45) is 0 Å². The number of benzene rings is 2. The van der Waals surface area contributed by atoms with E-state index < -0.39 is 0 Å². The third-order valence-electron chi connectivity index (χ3n) is 4.28. The first-order chi connectivity index (χ1) is 13.4. The summed E-state index contributed by atoms with van der Waals surface area (Å²) < 4.78 is 1.52. The van der Waals surface area contributed by atoms with Gasteiger partial charge in [0.2, 0.25) is 5.91 Å². The molecule has 0 radical (unpaired) electrons. The van der Waals surface area contributed by atoms with Crippen molar-refractivity contribution in [1.82, 2.24) is 14.7 Å². The largest absolute Gasteiger partial charge is 0.332 e. The van der Waals surface area contributed by atoms with E-state index in [0.717, 1.165) is 11.3 Å². The second-order valence-electron chi connectivity index (χ2n) is 6.57. The number of carbonyl (C=O) groups is 2. The molecule has 144 valence electrons. The van der Waals surface area contributed by atoms with Crippen LogP contribution in [0.25, 0.3) is 5.69 Å². The molecule has 0 aliphatic carbocycles. The molecule has 0 saturated carbocycles. The lowest BCUT2D eigenvalue weighted by molar-refractivity contribution is -0.116. The van der Waals surface area contributed by atoms with Gasteiger partial charge in [0.15, 0.2) is 0 Å². The number of halogens is 1. The Hall–Kier alpha value is -3.12. The summed E-state index contributed by atoms with van der Waals surface area (Å²) in [5.74, 6) is -0.646. The molecule has 1 heterocycles. The van der Waals surface area contributed by atoms with Crippen LogP contribution in [0.2, 0.25) is 5.15 Å². The summed E-state index contributed by atoms with van der Waals surface area (Å²) in [4.78, 5) is 26.5. The summed E-state index contributed by atoms with van der Waals surface area (Å²) in [5, 5.41) is 7.38. The van der Waals surface area contributed by atoms with E-state index in [1.54, 1.807) is 14.0 Å². The van der Waals surface area contributed by atoms with Crippen molar-refractivity contribution >= 4 is 29.1 Å². The molecule has 0 bridgehead atoms. The van der Waals surface area contributed by atoms with E-state index >= 15 is 0 Å². The van der Waals surface area contributed by atoms with Gasteiger partial charge in [-0.15, -0.1) is 0 Å². The van der Waals surface area contributed by atoms with Crippen molar-refractivity contribution in [2.45, 2.75) is 13.8 Å². The van der Waals surface area contributed by atoms with Crippen molar-refractivity contribution < 1.29 is 9.59 Å². The van der Waals surface area contributed by atoms with E-state index in [-0.39, 0.29) is 29.1 Å². The number of hydrogen-bond acceptors (Lipinski definition) is 3. The first-order valence-electron chi connectivity index (χ1n) is 8.79. The molecule has 0 aliphatic rings. The number of nitrogens with zero attached hydrogens (tertiary/aromatic N) is 3. The molecule has 28 heavy (non-hydrogen) atoms. The molecule has 0 unspecified atom stereocenters. The van der Waals surface area contributed by atoms with E-state index in [1.165, 1.54) is 9.58 Å². The lowest BCUT2D eigenvalue weighted by Gasteiger charge is -2.17.